The van der Waals surface area contributed by atoms with Crippen molar-refractivity contribution in [1.29, 1.82) is 0 Å². The molecule has 1 aliphatic heterocycles. The minimum absolute atomic E-state index is 0.0398. The van der Waals surface area contributed by atoms with Crippen LogP contribution in [-0.2, 0) is 22.4 Å². The van der Waals surface area contributed by atoms with E-state index in [0.717, 1.165) is 62.2 Å². The summed E-state index contributed by atoms with van der Waals surface area (Å²) in [4.78, 5) is 9.62. The van der Waals surface area contributed by atoms with Crippen LogP contribution in [0.2, 0.25) is 0 Å². The zero-order valence-electron chi connectivity index (χ0n) is 21.7. The third-order valence-corrected chi connectivity index (χ3v) is 6.68. The molecule has 1 heterocycles. The number of allylic oxidation sites excluding steroid dienone is 1. The molecule has 0 fully saturated rings. The number of alkyl halides is 1. The van der Waals surface area contributed by atoms with E-state index in [1.165, 1.54) is 0 Å². The fourth-order valence-corrected chi connectivity index (χ4v) is 4.50. The van der Waals surface area contributed by atoms with Gasteiger partial charge in [0.2, 0.25) is 5.82 Å². The number of rotatable bonds is 16. The van der Waals surface area contributed by atoms with Crippen molar-refractivity contribution in [2.45, 2.75) is 90.9 Å². The molecule has 2 unspecified atom stereocenters. The minimum Gasteiger partial charge on any atom is -0.490 e. The Labute approximate surface area is 213 Å². The Bertz CT molecular complexity index is 878. The summed E-state index contributed by atoms with van der Waals surface area (Å²) in [6.07, 6.45) is 11.0. The Morgan fingerprint density at radius 2 is 1.69 bits per heavy atom. The molecule has 36 heavy (non-hydrogen) atoms. The zero-order chi connectivity index (χ0) is 25.8. The van der Waals surface area contributed by atoms with E-state index < -0.39 is 18.1 Å². The number of benzene rings is 1. The molecule has 1 aromatic rings. The summed E-state index contributed by atoms with van der Waals surface area (Å²) in [5.41, 5.74) is 1.64. The van der Waals surface area contributed by atoms with Crippen LogP contribution >= 0.6 is 0 Å². The molecule has 2 atom stereocenters. The van der Waals surface area contributed by atoms with E-state index in [0.29, 0.717) is 50.4 Å². The first kappa shape index (κ1) is 28.5. The molecule has 5 nitrogen and oxygen atoms in total. The number of ether oxygens (including phenoxy) is 2. The van der Waals surface area contributed by atoms with Crippen LogP contribution in [0, 0.1) is 17.6 Å². The van der Waals surface area contributed by atoms with Gasteiger partial charge in [-0.25, -0.2) is 14.4 Å². The number of hydrogen-bond donors (Lipinski definition) is 0. The maximum absolute atomic E-state index is 15.0. The summed E-state index contributed by atoms with van der Waals surface area (Å²) in [6.45, 7) is 6.39. The first-order valence-electron chi connectivity index (χ1n) is 13.6. The van der Waals surface area contributed by atoms with Gasteiger partial charge >= 0.3 is 0 Å². The van der Waals surface area contributed by atoms with E-state index in [1.807, 2.05) is 0 Å². The van der Waals surface area contributed by atoms with Gasteiger partial charge in [0.05, 0.1) is 13.2 Å². The first-order valence-corrected chi connectivity index (χ1v) is 13.6. The molecule has 0 bridgehead atoms. The van der Waals surface area contributed by atoms with E-state index >= 15 is 0 Å². The van der Waals surface area contributed by atoms with Gasteiger partial charge < -0.3 is 9.47 Å². The average Bonchev–Trinajstić information content (AvgIpc) is 2.89. The smallest absolute Gasteiger partial charge is 0.288 e. The van der Waals surface area contributed by atoms with Crippen LogP contribution in [0.5, 0.6) is 5.75 Å². The van der Waals surface area contributed by atoms with Gasteiger partial charge in [-0.1, -0.05) is 39.5 Å². The Morgan fingerprint density at radius 3 is 2.47 bits per heavy atom. The van der Waals surface area contributed by atoms with Gasteiger partial charge in [-0.3, -0.25) is 4.84 Å². The zero-order valence-corrected chi connectivity index (χ0v) is 21.7. The Balaban J connectivity index is 1.50. The van der Waals surface area contributed by atoms with Crippen molar-refractivity contribution in [2.24, 2.45) is 10.9 Å². The third-order valence-electron chi connectivity index (χ3n) is 6.68. The molecular weight excluding hydrogens is 469 g/mol. The molecule has 3 rings (SSSR count). The molecule has 0 radical (unpaired) electrons. The lowest BCUT2D eigenvalue weighted by molar-refractivity contribution is -0.180. The second kappa shape index (κ2) is 15.3. The SMILES string of the molecule is CCCCCCON1C=CC(C2CCc3cc(OCCCCOCCCC)c(F)c(F)c3C2)=NC1F. The quantitative estimate of drug-likeness (QED) is 0.176. The number of fused-ring (bicyclic) bond motifs is 1. The van der Waals surface area contributed by atoms with Crippen molar-refractivity contribution in [1.82, 2.24) is 5.06 Å². The minimum atomic E-state index is -1.63. The van der Waals surface area contributed by atoms with Gasteiger partial charge in [-0.2, -0.15) is 8.78 Å². The predicted molar refractivity (Wildman–Crippen MR) is 136 cm³/mol. The predicted octanol–water partition coefficient (Wildman–Crippen LogP) is 7.08. The van der Waals surface area contributed by atoms with Crippen molar-refractivity contribution >= 4 is 5.71 Å². The molecule has 1 aliphatic carbocycles. The molecule has 1 aromatic carbocycles. The molecule has 0 amide bonds. The molecule has 0 N–H and O–H groups in total. The van der Waals surface area contributed by atoms with Crippen molar-refractivity contribution < 1.29 is 27.5 Å². The molecule has 0 saturated heterocycles. The average molecular weight is 511 g/mol. The third kappa shape index (κ3) is 8.23. The van der Waals surface area contributed by atoms with Crippen molar-refractivity contribution in [3.8, 4) is 5.75 Å². The maximum Gasteiger partial charge on any atom is 0.288 e. The number of nitrogens with zero attached hydrogens (tertiary/aromatic N) is 2. The Kier molecular flexibility index (Phi) is 12.1. The lowest BCUT2D eigenvalue weighted by Gasteiger charge is -2.30. The Hall–Kier alpha value is -2.06. The second-order valence-electron chi connectivity index (χ2n) is 9.54. The highest BCUT2D eigenvalue weighted by Gasteiger charge is 2.30. The number of hydrogen-bond acceptors (Lipinski definition) is 5. The lowest BCUT2D eigenvalue weighted by Crippen LogP contribution is -2.33. The van der Waals surface area contributed by atoms with Crippen LogP contribution in [0.15, 0.2) is 23.3 Å². The number of unbranched alkanes of at least 4 members (excludes halogenated alkanes) is 5. The van der Waals surface area contributed by atoms with E-state index in [2.05, 4.69) is 18.8 Å². The number of halogens is 3. The molecule has 2 aliphatic rings. The van der Waals surface area contributed by atoms with Crippen LogP contribution in [0.4, 0.5) is 13.2 Å². The summed E-state index contributed by atoms with van der Waals surface area (Å²) < 4.78 is 55.3. The van der Waals surface area contributed by atoms with Crippen LogP contribution < -0.4 is 4.74 Å². The van der Waals surface area contributed by atoms with E-state index in [9.17, 15) is 13.2 Å². The lowest BCUT2D eigenvalue weighted by atomic mass is 9.80. The maximum atomic E-state index is 15.0. The van der Waals surface area contributed by atoms with Crippen molar-refractivity contribution in [3.05, 3.63) is 41.1 Å². The summed E-state index contributed by atoms with van der Waals surface area (Å²) in [5.74, 6) is -2.04. The van der Waals surface area contributed by atoms with Crippen LogP contribution in [0.3, 0.4) is 0 Å². The van der Waals surface area contributed by atoms with Crippen molar-refractivity contribution in [3.63, 3.8) is 0 Å². The highest BCUT2D eigenvalue weighted by Crippen LogP contribution is 2.35. The summed E-state index contributed by atoms with van der Waals surface area (Å²) in [7, 11) is 0. The molecule has 0 aromatic heterocycles. The highest BCUT2D eigenvalue weighted by atomic mass is 19.2. The van der Waals surface area contributed by atoms with Gasteiger partial charge in [-0.15, -0.1) is 0 Å². The highest BCUT2D eigenvalue weighted by molar-refractivity contribution is 5.97. The first-order chi connectivity index (χ1) is 17.5. The fourth-order valence-electron chi connectivity index (χ4n) is 4.50. The van der Waals surface area contributed by atoms with Gasteiger partial charge in [-0.05, 0) is 68.2 Å². The number of aliphatic imine (C=N–C) groups is 1. The van der Waals surface area contributed by atoms with Crippen LogP contribution in [0.25, 0.3) is 0 Å². The summed E-state index contributed by atoms with van der Waals surface area (Å²) in [6, 6.07) is 1.62. The van der Waals surface area contributed by atoms with Gasteiger partial charge in [0, 0.05) is 31.0 Å². The summed E-state index contributed by atoms with van der Waals surface area (Å²) >= 11 is 0. The monoisotopic (exact) mass is 510 g/mol. The number of hydroxylamine groups is 2. The van der Waals surface area contributed by atoms with Gasteiger partial charge in [0.15, 0.2) is 11.6 Å². The largest absolute Gasteiger partial charge is 0.490 e. The standard InChI is InChI=1S/C28H41F3N2O3/c1-3-5-7-8-18-36-33-14-13-24(32-28(33)31)22-12-11-21-20-25(27(30)26(29)23(21)19-22)35-17-10-9-16-34-15-6-4-2/h13-14,20,22,28H,3-12,15-19H2,1-2H3. The van der Waals surface area contributed by atoms with E-state index in [1.54, 1.807) is 18.3 Å². The molecule has 8 heteroatoms. The topological polar surface area (TPSA) is 43.3 Å². The van der Waals surface area contributed by atoms with Gasteiger partial charge in [0.1, 0.15) is 0 Å². The second-order valence-corrected chi connectivity index (χ2v) is 9.54. The number of aryl methyl sites for hydroxylation is 1. The molecular formula is C28H41F3N2O3. The summed E-state index contributed by atoms with van der Waals surface area (Å²) in [5, 5.41) is 1.12. The van der Waals surface area contributed by atoms with E-state index in [-0.39, 0.29) is 18.1 Å². The van der Waals surface area contributed by atoms with Crippen molar-refractivity contribution in [2.75, 3.05) is 26.4 Å². The normalized spacial score (nSPS) is 19.4. The Morgan fingerprint density at radius 1 is 0.944 bits per heavy atom. The van der Waals surface area contributed by atoms with Crippen LogP contribution in [0.1, 0.15) is 82.8 Å². The van der Waals surface area contributed by atoms with E-state index in [4.69, 9.17) is 14.3 Å². The van der Waals surface area contributed by atoms with Gasteiger partial charge in [0.25, 0.3) is 6.42 Å². The van der Waals surface area contributed by atoms with Crippen LogP contribution in [-0.4, -0.2) is 43.6 Å². The molecule has 0 saturated carbocycles. The fraction of sp³-hybridized carbons (Fsp3) is 0.679. The molecule has 202 valence electrons. The molecule has 0 spiro atoms.